The molecule has 2 heterocycles. The average molecular weight is 288 g/mol. The van der Waals surface area contributed by atoms with Gasteiger partial charge in [-0.25, -0.2) is 4.39 Å². The molecular weight excluding hydrogens is 275 g/mol. The fraction of sp³-hybridized carbons (Fsp3) is 0.200. The Bertz CT molecular complexity index is 663. The van der Waals surface area contributed by atoms with Gasteiger partial charge in [0, 0.05) is 11.8 Å². The van der Waals surface area contributed by atoms with Gasteiger partial charge < -0.3 is 14.8 Å². The number of fused-ring (bicyclic) bond motifs is 1. The van der Waals surface area contributed by atoms with E-state index in [0.717, 1.165) is 6.20 Å². The lowest BCUT2D eigenvalue weighted by atomic mass is 10.2. The molecule has 6 heteroatoms. The molecule has 1 aliphatic heterocycles. The highest BCUT2D eigenvalue weighted by molar-refractivity contribution is 5.97. The molecule has 21 heavy (non-hydrogen) atoms. The van der Waals surface area contributed by atoms with Gasteiger partial charge in [0.05, 0.1) is 24.9 Å². The van der Waals surface area contributed by atoms with Gasteiger partial charge in [-0.2, -0.15) is 0 Å². The molecule has 0 bridgehead atoms. The first-order valence-electron chi connectivity index (χ1n) is 6.48. The first-order chi connectivity index (χ1) is 10.2. The van der Waals surface area contributed by atoms with Crippen molar-refractivity contribution in [2.45, 2.75) is 12.9 Å². The monoisotopic (exact) mass is 288 g/mol. The highest BCUT2D eigenvalue weighted by Gasteiger charge is 2.22. The zero-order valence-corrected chi connectivity index (χ0v) is 11.1. The number of hydrogen-bond donors (Lipinski definition) is 1. The van der Waals surface area contributed by atoms with Crippen LogP contribution in [-0.4, -0.2) is 23.7 Å². The van der Waals surface area contributed by atoms with Crippen molar-refractivity contribution in [3.8, 4) is 5.75 Å². The first-order valence-corrected chi connectivity index (χ1v) is 6.48. The number of ether oxygens (including phenoxy) is 2. The van der Waals surface area contributed by atoms with Crippen LogP contribution in [0, 0.1) is 5.82 Å². The molecule has 1 unspecified atom stereocenters. The average Bonchev–Trinajstić information content (AvgIpc) is 2.66. The molecular formula is C15H13FN2O3. The number of para-hydroxylation sites is 1. The molecule has 1 amide bonds. The van der Waals surface area contributed by atoms with Gasteiger partial charge in [-0.1, -0.05) is 12.1 Å². The molecule has 3 rings (SSSR count). The molecule has 0 aliphatic carbocycles. The molecule has 1 atom stereocenters. The molecule has 1 aromatic carbocycles. The van der Waals surface area contributed by atoms with E-state index in [0.29, 0.717) is 16.9 Å². The van der Waals surface area contributed by atoms with Crippen LogP contribution in [0.2, 0.25) is 0 Å². The molecule has 0 spiro atoms. The molecule has 2 aromatic rings. The van der Waals surface area contributed by atoms with Crippen LogP contribution in [0.4, 0.5) is 4.39 Å². The Morgan fingerprint density at radius 1 is 1.38 bits per heavy atom. The molecule has 5 nitrogen and oxygen atoms in total. The van der Waals surface area contributed by atoms with Crippen molar-refractivity contribution in [2.24, 2.45) is 0 Å². The van der Waals surface area contributed by atoms with E-state index < -0.39 is 12.1 Å². The number of pyridine rings is 1. The van der Waals surface area contributed by atoms with Crippen molar-refractivity contribution in [1.29, 1.82) is 0 Å². The number of carbonyl (C=O) groups excluding carboxylic acids is 1. The van der Waals surface area contributed by atoms with Gasteiger partial charge in [0.1, 0.15) is 11.6 Å². The normalized spacial score (nSPS) is 17.4. The molecule has 1 aromatic heterocycles. The Morgan fingerprint density at radius 2 is 2.24 bits per heavy atom. The molecule has 1 N–H and O–H groups in total. The minimum absolute atomic E-state index is 0.0387. The summed E-state index contributed by atoms with van der Waals surface area (Å²) in [7, 11) is 0. The van der Waals surface area contributed by atoms with E-state index in [-0.39, 0.29) is 19.1 Å². The third-order valence-corrected chi connectivity index (χ3v) is 3.10. The third kappa shape index (κ3) is 3.00. The number of hydrogen-bond acceptors (Lipinski definition) is 4. The number of aromatic nitrogens is 1. The van der Waals surface area contributed by atoms with Gasteiger partial charge in [-0.3, -0.25) is 9.78 Å². The molecule has 0 saturated carbocycles. The molecule has 108 valence electrons. The van der Waals surface area contributed by atoms with Gasteiger partial charge in [-0.05, 0) is 18.2 Å². The van der Waals surface area contributed by atoms with Crippen LogP contribution in [0.5, 0.6) is 5.75 Å². The van der Waals surface area contributed by atoms with Gasteiger partial charge >= 0.3 is 0 Å². The second-order valence-corrected chi connectivity index (χ2v) is 4.53. The Hall–Kier alpha value is -2.47. The van der Waals surface area contributed by atoms with Crippen molar-refractivity contribution >= 4 is 5.91 Å². The zero-order chi connectivity index (χ0) is 14.7. The lowest BCUT2D eigenvalue weighted by Gasteiger charge is -2.17. The number of amides is 1. The standard InChI is InChI=1S/C15H13FN2O3/c16-12-7-17-6-5-10(12)9-20-14-8-18-15(19)11-3-1-2-4-13(11)21-14/h1-7,14H,8-9H2,(H,18,19). The van der Waals surface area contributed by atoms with Crippen LogP contribution in [0.15, 0.2) is 42.7 Å². The topological polar surface area (TPSA) is 60.5 Å². The summed E-state index contributed by atoms with van der Waals surface area (Å²) in [4.78, 5) is 15.5. The minimum atomic E-state index is -0.676. The largest absolute Gasteiger partial charge is 0.462 e. The zero-order valence-electron chi connectivity index (χ0n) is 11.1. The van der Waals surface area contributed by atoms with Crippen LogP contribution in [0.1, 0.15) is 15.9 Å². The summed E-state index contributed by atoms with van der Waals surface area (Å²) in [6.07, 6.45) is 1.95. The number of nitrogens with one attached hydrogen (secondary N) is 1. The van der Waals surface area contributed by atoms with Crippen molar-refractivity contribution in [3.63, 3.8) is 0 Å². The summed E-state index contributed by atoms with van der Waals surface area (Å²) in [5.41, 5.74) is 0.844. The lowest BCUT2D eigenvalue weighted by molar-refractivity contribution is -0.0843. The van der Waals surface area contributed by atoms with E-state index >= 15 is 0 Å². The van der Waals surface area contributed by atoms with E-state index in [1.54, 1.807) is 30.3 Å². The SMILES string of the molecule is O=C1NCC(OCc2ccncc2F)Oc2ccccc21. The Labute approximate surface area is 120 Å². The van der Waals surface area contributed by atoms with Crippen LogP contribution in [0.3, 0.4) is 0 Å². The summed E-state index contributed by atoms with van der Waals surface area (Å²) in [6.45, 7) is 0.233. The van der Waals surface area contributed by atoms with Gasteiger partial charge in [-0.15, -0.1) is 0 Å². The van der Waals surface area contributed by atoms with Crippen molar-refractivity contribution in [1.82, 2.24) is 10.3 Å². The molecule has 0 fully saturated rings. The Kier molecular flexibility index (Phi) is 3.79. The maximum absolute atomic E-state index is 13.5. The van der Waals surface area contributed by atoms with E-state index in [9.17, 15) is 9.18 Å². The predicted octanol–water partition coefficient (Wildman–Crippen LogP) is 1.89. The number of halogens is 1. The van der Waals surface area contributed by atoms with Gasteiger partial charge in [0.15, 0.2) is 0 Å². The summed E-state index contributed by atoms with van der Waals surface area (Å²) in [5.74, 6) is -0.199. The fourth-order valence-electron chi connectivity index (χ4n) is 2.01. The summed E-state index contributed by atoms with van der Waals surface area (Å²) < 4.78 is 24.6. The lowest BCUT2D eigenvalue weighted by Crippen LogP contribution is -2.33. The van der Waals surface area contributed by atoms with Crippen molar-refractivity contribution in [3.05, 3.63) is 59.7 Å². The van der Waals surface area contributed by atoms with Crippen LogP contribution in [0.25, 0.3) is 0 Å². The van der Waals surface area contributed by atoms with Gasteiger partial charge in [0.25, 0.3) is 5.91 Å². The second kappa shape index (κ2) is 5.88. The van der Waals surface area contributed by atoms with Crippen LogP contribution in [-0.2, 0) is 11.3 Å². The summed E-state index contributed by atoms with van der Waals surface area (Å²) in [5, 5.41) is 2.71. The Balaban J connectivity index is 1.71. The number of benzene rings is 1. The fourth-order valence-corrected chi connectivity index (χ4v) is 2.01. The van der Waals surface area contributed by atoms with Crippen LogP contribution < -0.4 is 10.1 Å². The summed E-state index contributed by atoms with van der Waals surface area (Å²) in [6, 6.07) is 8.45. The maximum atomic E-state index is 13.5. The minimum Gasteiger partial charge on any atom is -0.462 e. The highest BCUT2D eigenvalue weighted by atomic mass is 19.1. The number of nitrogens with zero attached hydrogens (tertiary/aromatic N) is 1. The predicted molar refractivity (Wildman–Crippen MR) is 72.2 cm³/mol. The van der Waals surface area contributed by atoms with E-state index in [1.807, 2.05) is 0 Å². The third-order valence-electron chi connectivity index (χ3n) is 3.10. The van der Waals surface area contributed by atoms with E-state index in [4.69, 9.17) is 9.47 Å². The van der Waals surface area contributed by atoms with Gasteiger partial charge in [0.2, 0.25) is 6.29 Å². The second-order valence-electron chi connectivity index (χ2n) is 4.53. The smallest absolute Gasteiger partial charge is 0.255 e. The number of carbonyl (C=O) groups is 1. The highest BCUT2D eigenvalue weighted by Crippen LogP contribution is 2.22. The quantitative estimate of drug-likeness (QED) is 0.937. The maximum Gasteiger partial charge on any atom is 0.255 e. The molecule has 0 saturated heterocycles. The Morgan fingerprint density at radius 3 is 3.10 bits per heavy atom. The first kappa shape index (κ1) is 13.5. The van der Waals surface area contributed by atoms with Crippen molar-refractivity contribution in [2.75, 3.05) is 6.54 Å². The summed E-state index contributed by atoms with van der Waals surface area (Å²) >= 11 is 0. The van der Waals surface area contributed by atoms with Crippen molar-refractivity contribution < 1.29 is 18.7 Å². The van der Waals surface area contributed by atoms with E-state index in [2.05, 4.69) is 10.3 Å². The molecule has 0 radical (unpaired) electrons. The molecule has 1 aliphatic rings. The van der Waals surface area contributed by atoms with E-state index in [1.165, 1.54) is 6.20 Å². The number of rotatable bonds is 3. The van der Waals surface area contributed by atoms with Crippen LogP contribution >= 0.6 is 0 Å².